The lowest BCUT2D eigenvalue weighted by molar-refractivity contribution is 1.18. The summed E-state index contributed by atoms with van der Waals surface area (Å²) in [6.07, 6.45) is 0. The average molecular weight is 1330 g/mol. The van der Waals surface area contributed by atoms with Crippen molar-refractivity contribution in [3.05, 3.63) is 413 Å². The van der Waals surface area contributed by atoms with Crippen molar-refractivity contribution in [1.29, 1.82) is 0 Å². The first-order chi connectivity index (χ1) is 51.6. The Bertz CT molecular complexity index is 6480. The van der Waals surface area contributed by atoms with Crippen LogP contribution >= 0.6 is 0 Å². The van der Waals surface area contributed by atoms with Crippen molar-refractivity contribution in [1.82, 2.24) is 9.13 Å². The van der Waals surface area contributed by atoms with Gasteiger partial charge in [-0.05, 0) is 227 Å². The Morgan fingerprint density at radius 1 is 0.154 bits per heavy atom. The highest BCUT2D eigenvalue weighted by Gasteiger charge is 2.19. The van der Waals surface area contributed by atoms with Crippen LogP contribution in [0, 0.1) is 0 Å². The number of nitrogens with zero attached hydrogens (tertiary/aromatic N) is 4. The van der Waals surface area contributed by atoms with Gasteiger partial charge in [-0.2, -0.15) is 0 Å². The van der Waals surface area contributed by atoms with Crippen LogP contribution in [0.3, 0.4) is 0 Å². The number of hydrogen-bond donors (Lipinski definition) is 0. The van der Waals surface area contributed by atoms with Gasteiger partial charge in [-0.3, -0.25) is 0 Å². The maximum atomic E-state index is 2.40. The SMILES string of the molecule is c1ccc(N(c2ccc(-c3ccc(-n4c5ccccc5c5cc6ccccc6cc54)cc3)cc2)c2ccc(-c3ccc4ccccc4c3)cc2)cc1.c1ccc(N(c2ccc(-c3ccc(-n4c5ccccc5c5ccccc54)cc3)cc2)c2ccc(-c3cc4ccccc4c4ccccc34)cc2)cc1. The molecule has 0 aliphatic rings. The van der Waals surface area contributed by atoms with Crippen LogP contribution in [-0.4, -0.2) is 9.13 Å². The minimum atomic E-state index is 1.11. The van der Waals surface area contributed by atoms with Crippen molar-refractivity contribution in [2.75, 3.05) is 9.80 Å². The van der Waals surface area contributed by atoms with E-state index in [-0.39, 0.29) is 0 Å². The molecule has 0 radical (unpaired) electrons. The molecule has 2 aromatic heterocycles. The molecule has 20 rings (SSSR count). The molecule has 488 valence electrons. The third-order valence-electron chi connectivity index (χ3n) is 20.7. The Balaban J connectivity index is 0.000000143. The van der Waals surface area contributed by atoms with Crippen LogP contribution in [0.5, 0.6) is 0 Å². The van der Waals surface area contributed by atoms with Gasteiger partial charge in [-0.1, -0.05) is 273 Å². The van der Waals surface area contributed by atoms with E-state index in [9.17, 15) is 0 Å². The molecule has 0 N–H and O–H groups in total. The fraction of sp³-hybridized carbons (Fsp3) is 0. The molecule has 18 aromatic carbocycles. The molecule has 0 aliphatic heterocycles. The van der Waals surface area contributed by atoms with E-state index in [0.717, 1.165) is 45.5 Å². The average Bonchev–Trinajstić information content (AvgIpc) is 1.66. The normalized spacial score (nSPS) is 11.5. The lowest BCUT2D eigenvalue weighted by atomic mass is 9.93. The van der Waals surface area contributed by atoms with Crippen LogP contribution in [-0.2, 0) is 0 Å². The summed E-state index contributed by atoms with van der Waals surface area (Å²) in [6.45, 7) is 0. The lowest BCUT2D eigenvalue weighted by Gasteiger charge is -2.26. The Morgan fingerprint density at radius 3 is 0.933 bits per heavy atom. The zero-order valence-electron chi connectivity index (χ0n) is 57.0. The fourth-order valence-corrected chi connectivity index (χ4v) is 15.6. The summed E-state index contributed by atoms with van der Waals surface area (Å²) in [5, 5.41) is 15.2. The molecule has 0 unspecified atom stereocenters. The molecular weight excluding hydrogens is 1260 g/mol. The first-order valence-corrected chi connectivity index (χ1v) is 35.7. The van der Waals surface area contributed by atoms with E-state index in [2.05, 4.69) is 431 Å². The molecule has 20 aromatic rings. The molecule has 104 heavy (non-hydrogen) atoms. The first-order valence-electron chi connectivity index (χ1n) is 35.7. The van der Waals surface area contributed by atoms with Gasteiger partial charge in [0.15, 0.2) is 0 Å². The number of fused-ring (bicyclic) bond motifs is 11. The quantitative estimate of drug-likeness (QED) is 0.113. The van der Waals surface area contributed by atoms with Gasteiger partial charge < -0.3 is 18.9 Å². The summed E-state index contributed by atoms with van der Waals surface area (Å²) in [6, 6.07) is 149. The van der Waals surface area contributed by atoms with E-state index < -0.39 is 0 Å². The van der Waals surface area contributed by atoms with E-state index in [1.807, 2.05) is 0 Å². The smallest absolute Gasteiger partial charge is 0.0547 e. The zero-order valence-corrected chi connectivity index (χ0v) is 57.0. The highest BCUT2D eigenvalue weighted by Crippen LogP contribution is 2.43. The Morgan fingerprint density at radius 2 is 0.462 bits per heavy atom. The maximum absolute atomic E-state index is 2.40. The number of para-hydroxylation sites is 5. The van der Waals surface area contributed by atoms with Gasteiger partial charge in [0.2, 0.25) is 0 Å². The topological polar surface area (TPSA) is 16.3 Å². The van der Waals surface area contributed by atoms with Gasteiger partial charge in [0.05, 0.1) is 22.1 Å². The zero-order chi connectivity index (χ0) is 68.9. The summed E-state index contributed by atoms with van der Waals surface area (Å²) in [5.41, 5.74) is 23.5. The molecule has 0 aliphatic carbocycles. The molecule has 4 heteroatoms. The van der Waals surface area contributed by atoms with Crippen molar-refractivity contribution < 1.29 is 0 Å². The van der Waals surface area contributed by atoms with Gasteiger partial charge in [-0.15, -0.1) is 0 Å². The van der Waals surface area contributed by atoms with Crippen molar-refractivity contribution in [3.63, 3.8) is 0 Å². The monoisotopic (exact) mass is 1320 g/mol. The second-order valence-corrected chi connectivity index (χ2v) is 26.8. The van der Waals surface area contributed by atoms with E-state index in [0.29, 0.717) is 0 Å². The summed E-state index contributed by atoms with van der Waals surface area (Å²) in [7, 11) is 0. The van der Waals surface area contributed by atoms with Crippen molar-refractivity contribution in [2.45, 2.75) is 0 Å². The van der Waals surface area contributed by atoms with Crippen molar-refractivity contribution >= 4 is 121 Å². The van der Waals surface area contributed by atoms with Crippen LogP contribution in [0.4, 0.5) is 34.1 Å². The molecule has 0 amide bonds. The minimum absolute atomic E-state index is 1.11. The molecule has 0 spiro atoms. The lowest BCUT2D eigenvalue weighted by Crippen LogP contribution is -2.09. The predicted octanol–water partition coefficient (Wildman–Crippen LogP) is 27.8. The van der Waals surface area contributed by atoms with E-state index in [1.165, 1.54) is 131 Å². The van der Waals surface area contributed by atoms with Gasteiger partial charge in [0, 0.05) is 67.0 Å². The second-order valence-electron chi connectivity index (χ2n) is 26.8. The summed E-state index contributed by atoms with van der Waals surface area (Å²) < 4.78 is 4.76. The highest BCUT2D eigenvalue weighted by molar-refractivity contribution is 6.15. The molecule has 2 heterocycles. The molecule has 0 saturated carbocycles. The number of hydrogen-bond acceptors (Lipinski definition) is 2. The number of benzene rings is 18. The number of anilines is 6. The van der Waals surface area contributed by atoms with Crippen LogP contribution in [0.2, 0.25) is 0 Å². The van der Waals surface area contributed by atoms with Gasteiger partial charge in [0.25, 0.3) is 0 Å². The molecule has 0 atom stereocenters. The highest BCUT2D eigenvalue weighted by atomic mass is 15.1. The van der Waals surface area contributed by atoms with Gasteiger partial charge in [0.1, 0.15) is 0 Å². The first kappa shape index (κ1) is 61.3. The molecule has 0 saturated heterocycles. The van der Waals surface area contributed by atoms with E-state index in [4.69, 9.17) is 0 Å². The van der Waals surface area contributed by atoms with Gasteiger partial charge >= 0.3 is 0 Å². The molecule has 0 fully saturated rings. The Hall–Kier alpha value is -13.8. The molecule has 0 bridgehead atoms. The number of rotatable bonds is 12. The van der Waals surface area contributed by atoms with Crippen LogP contribution in [0.15, 0.2) is 413 Å². The van der Waals surface area contributed by atoms with Crippen molar-refractivity contribution in [2.24, 2.45) is 0 Å². The summed E-state index contributed by atoms with van der Waals surface area (Å²) in [4.78, 5) is 4.65. The number of aromatic nitrogens is 2. The largest absolute Gasteiger partial charge is 0.311 e. The minimum Gasteiger partial charge on any atom is -0.311 e. The molecular formula is C100H68N4. The maximum Gasteiger partial charge on any atom is 0.0547 e. The summed E-state index contributed by atoms with van der Waals surface area (Å²) >= 11 is 0. The fourth-order valence-electron chi connectivity index (χ4n) is 15.6. The van der Waals surface area contributed by atoms with Crippen LogP contribution in [0.25, 0.3) is 143 Å². The van der Waals surface area contributed by atoms with E-state index >= 15 is 0 Å². The van der Waals surface area contributed by atoms with Crippen molar-refractivity contribution in [3.8, 4) is 55.9 Å². The van der Waals surface area contributed by atoms with Crippen LogP contribution in [0.1, 0.15) is 0 Å². The third-order valence-corrected chi connectivity index (χ3v) is 20.7. The van der Waals surface area contributed by atoms with E-state index in [1.54, 1.807) is 0 Å². The third kappa shape index (κ3) is 11.2. The standard InChI is InChI=1S/2C50H34N2/c1-2-13-39(14-3-1)51(41-32-26-37(27-33-41)48-34-38-12-4-5-15-43(38)44-16-6-7-17-45(44)48)40-28-22-35(23-29-40)36-24-30-42(31-25-36)52-49-20-10-8-18-46(49)47-19-9-11-21-50(47)52;1-2-14-43(15-3-1)51(45-28-24-38(25-29-45)42-19-18-35-10-4-5-11-39(35)32-42)44-26-20-36(21-27-44)37-22-30-46(31-23-37)52-49-17-9-8-16-47(49)48-33-40-12-6-7-13-41(40)34-50(48)52/h2*1-34H. The van der Waals surface area contributed by atoms with Gasteiger partial charge in [-0.25, -0.2) is 0 Å². The second kappa shape index (κ2) is 26.4. The molecule has 4 nitrogen and oxygen atoms in total. The van der Waals surface area contributed by atoms with Crippen LogP contribution < -0.4 is 9.80 Å². The predicted molar refractivity (Wildman–Crippen MR) is 443 cm³/mol. The Labute approximate surface area is 604 Å². The summed E-state index contributed by atoms with van der Waals surface area (Å²) in [5.74, 6) is 0. The Kier molecular flexibility index (Phi) is 15.5.